The highest BCUT2D eigenvalue weighted by atomic mass is 35.5. The number of nitrogens with zero attached hydrogens (tertiary/aromatic N) is 3. The second-order valence-corrected chi connectivity index (χ2v) is 7.07. The van der Waals surface area contributed by atoms with Crippen LogP contribution in [0.3, 0.4) is 0 Å². The molecular weight excluding hydrogens is 350 g/mol. The molecule has 0 saturated carbocycles. The van der Waals surface area contributed by atoms with Crippen molar-refractivity contribution in [2.24, 2.45) is 5.92 Å². The van der Waals surface area contributed by atoms with E-state index in [0.29, 0.717) is 31.2 Å². The van der Waals surface area contributed by atoms with Crippen LogP contribution in [-0.2, 0) is 11.3 Å². The van der Waals surface area contributed by atoms with E-state index in [2.05, 4.69) is 0 Å². The Morgan fingerprint density at radius 3 is 2.15 bits per heavy atom. The number of likely N-dealkylation sites (tertiary alicyclic amines) is 1. The van der Waals surface area contributed by atoms with E-state index in [-0.39, 0.29) is 17.9 Å². The number of carbonyl (C=O) groups excluding carboxylic acids is 2. The van der Waals surface area contributed by atoms with Crippen LogP contribution in [0.5, 0.6) is 0 Å². The fourth-order valence-corrected chi connectivity index (χ4v) is 3.64. The lowest BCUT2D eigenvalue weighted by Crippen LogP contribution is -2.48. The third-order valence-corrected chi connectivity index (χ3v) is 5.53. The van der Waals surface area contributed by atoms with Crippen molar-refractivity contribution in [1.82, 2.24) is 14.7 Å². The summed E-state index contributed by atoms with van der Waals surface area (Å²) in [5, 5.41) is 0.693. The van der Waals surface area contributed by atoms with Crippen molar-refractivity contribution in [1.29, 1.82) is 0 Å². The highest BCUT2D eigenvalue weighted by molar-refractivity contribution is 6.31. The highest BCUT2D eigenvalue weighted by Crippen LogP contribution is 2.23. The van der Waals surface area contributed by atoms with E-state index < -0.39 is 0 Å². The number of benzene rings is 1. The molecule has 1 aliphatic heterocycles. The molecule has 3 amide bonds. The molecule has 0 unspecified atom stereocenters. The maximum Gasteiger partial charge on any atom is 0.319 e. The zero-order chi connectivity index (χ0) is 19.1. The van der Waals surface area contributed by atoms with Crippen LogP contribution < -0.4 is 0 Å². The van der Waals surface area contributed by atoms with Gasteiger partial charge in [0.25, 0.3) is 0 Å². The van der Waals surface area contributed by atoms with E-state index in [4.69, 9.17) is 11.6 Å². The largest absolute Gasteiger partial charge is 0.338 e. The van der Waals surface area contributed by atoms with E-state index in [9.17, 15) is 9.59 Å². The number of urea groups is 1. The molecule has 2 rings (SSSR count). The van der Waals surface area contributed by atoms with Crippen LogP contribution in [0.1, 0.15) is 39.2 Å². The van der Waals surface area contributed by atoms with E-state index >= 15 is 0 Å². The molecule has 1 fully saturated rings. The molecule has 1 aromatic carbocycles. The van der Waals surface area contributed by atoms with Crippen molar-refractivity contribution in [3.05, 3.63) is 34.9 Å². The van der Waals surface area contributed by atoms with Gasteiger partial charge in [0.2, 0.25) is 5.91 Å². The van der Waals surface area contributed by atoms with Crippen LogP contribution in [0.15, 0.2) is 24.3 Å². The number of piperidine rings is 1. The minimum absolute atomic E-state index is 0.0156. The Labute approximate surface area is 161 Å². The molecule has 5 nitrogen and oxygen atoms in total. The first kappa shape index (κ1) is 20.6. The third kappa shape index (κ3) is 4.91. The first-order valence-electron chi connectivity index (χ1n) is 9.57. The SMILES string of the molecule is CCN(Cc1ccccc1Cl)C(=O)C1CCN(C(=O)N(CC)CC)CC1. The third-order valence-electron chi connectivity index (χ3n) is 5.16. The number of halogens is 1. The summed E-state index contributed by atoms with van der Waals surface area (Å²) in [6.07, 6.45) is 1.45. The van der Waals surface area contributed by atoms with Crippen molar-refractivity contribution in [3.8, 4) is 0 Å². The Balaban J connectivity index is 1.94. The molecule has 144 valence electrons. The second kappa shape index (κ2) is 9.81. The number of hydrogen-bond donors (Lipinski definition) is 0. The molecule has 1 aliphatic rings. The Hall–Kier alpha value is -1.75. The summed E-state index contributed by atoms with van der Waals surface area (Å²) in [7, 11) is 0. The number of amides is 3. The second-order valence-electron chi connectivity index (χ2n) is 6.66. The molecule has 0 bridgehead atoms. The van der Waals surface area contributed by atoms with Gasteiger partial charge in [-0.1, -0.05) is 29.8 Å². The Kier molecular flexibility index (Phi) is 7.76. The Bertz CT molecular complexity index is 611. The van der Waals surface area contributed by atoms with Crippen molar-refractivity contribution in [3.63, 3.8) is 0 Å². The number of rotatable bonds is 6. The van der Waals surface area contributed by atoms with Gasteiger partial charge in [-0.05, 0) is 45.2 Å². The minimum atomic E-state index is -0.0156. The average molecular weight is 380 g/mol. The number of carbonyl (C=O) groups is 2. The van der Waals surface area contributed by atoms with Crippen LogP contribution in [0.2, 0.25) is 5.02 Å². The topological polar surface area (TPSA) is 43.9 Å². The first-order valence-corrected chi connectivity index (χ1v) is 9.95. The van der Waals surface area contributed by atoms with Crippen molar-refractivity contribution in [2.45, 2.75) is 40.2 Å². The van der Waals surface area contributed by atoms with Gasteiger partial charge in [0, 0.05) is 50.2 Å². The molecule has 0 radical (unpaired) electrons. The van der Waals surface area contributed by atoms with Gasteiger partial charge < -0.3 is 14.7 Å². The first-order chi connectivity index (χ1) is 12.5. The fourth-order valence-electron chi connectivity index (χ4n) is 3.45. The molecule has 0 aliphatic carbocycles. The average Bonchev–Trinajstić information content (AvgIpc) is 2.68. The van der Waals surface area contributed by atoms with Crippen molar-refractivity contribution >= 4 is 23.5 Å². The predicted octanol–water partition coefficient (Wildman–Crippen LogP) is 3.86. The van der Waals surface area contributed by atoms with Crippen LogP contribution in [-0.4, -0.2) is 59.4 Å². The van der Waals surface area contributed by atoms with Gasteiger partial charge in [-0.2, -0.15) is 0 Å². The maximum atomic E-state index is 12.9. The molecule has 0 N–H and O–H groups in total. The summed E-state index contributed by atoms with van der Waals surface area (Å²) in [5.41, 5.74) is 0.971. The van der Waals surface area contributed by atoms with E-state index in [1.807, 2.05) is 59.7 Å². The Morgan fingerprint density at radius 2 is 1.62 bits per heavy atom. The van der Waals surface area contributed by atoms with Crippen molar-refractivity contribution < 1.29 is 9.59 Å². The molecule has 1 aromatic rings. The maximum absolute atomic E-state index is 12.9. The van der Waals surface area contributed by atoms with Crippen LogP contribution >= 0.6 is 11.6 Å². The lowest BCUT2D eigenvalue weighted by molar-refractivity contribution is -0.137. The Morgan fingerprint density at radius 1 is 1.04 bits per heavy atom. The summed E-state index contributed by atoms with van der Waals surface area (Å²) in [6.45, 7) is 9.90. The lowest BCUT2D eigenvalue weighted by atomic mass is 9.95. The number of hydrogen-bond acceptors (Lipinski definition) is 2. The monoisotopic (exact) mass is 379 g/mol. The quantitative estimate of drug-likeness (QED) is 0.753. The molecule has 26 heavy (non-hydrogen) atoms. The minimum Gasteiger partial charge on any atom is -0.338 e. The summed E-state index contributed by atoms with van der Waals surface area (Å²) >= 11 is 6.24. The standard InChI is InChI=1S/C20H30ClN3O2/c1-4-22(5-2)20(26)24-13-11-16(12-14-24)19(25)23(6-3)15-17-9-7-8-10-18(17)21/h7-10,16H,4-6,11-15H2,1-3H3. The van der Waals surface area contributed by atoms with E-state index in [1.165, 1.54) is 0 Å². The zero-order valence-corrected chi connectivity index (χ0v) is 16.8. The molecular formula is C20H30ClN3O2. The van der Waals surface area contributed by atoms with E-state index in [1.54, 1.807) is 0 Å². The molecule has 1 saturated heterocycles. The van der Waals surface area contributed by atoms with E-state index in [0.717, 1.165) is 31.5 Å². The van der Waals surface area contributed by atoms with Crippen LogP contribution in [0.25, 0.3) is 0 Å². The molecule has 0 spiro atoms. The van der Waals surface area contributed by atoms with Gasteiger partial charge in [-0.15, -0.1) is 0 Å². The van der Waals surface area contributed by atoms with Crippen molar-refractivity contribution in [2.75, 3.05) is 32.7 Å². The smallest absolute Gasteiger partial charge is 0.319 e. The predicted molar refractivity (Wildman–Crippen MR) is 105 cm³/mol. The molecule has 1 heterocycles. The highest BCUT2D eigenvalue weighted by Gasteiger charge is 2.31. The van der Waals surface area contributed by atoms with Gasteiger partial charge in [-0.3, -0.25) is 4.79 Å². The zero-order valence-electron chi connectivity index (χ0n) is 16.1. The lowest BCUT2D eigenvalue weighted by Gasteiger charge is -2.36. The molecule has 0 aromatic heterocycles. The fraction of sp³-hybridized carbons (Fsp3) is 0.600. The van der Waals surface area contributed by atoms with Gasteiger partial charge in [-0.25, -0.2) is 4.79 Å². The summed E-state index contributed by atoms with van der Waals surface area (Å²) in [4.78, 5) is 31.0. The van der Waals surface area contributed by atoms with Gasteiger partial charge in [0.1, 0.15) is 0 Å². The van der Waals surface area contributed by atoms with Gasteiger partial charge in [0.15, 0.2) is 0 Å². The summed E-state index contributed by atoms with van der Waals surface area (Å²) in [5.74, 6) is 0.153. The van der Waals surface area contributed by atoms with Gasteiger partial charge >= 0.3 is 6.03 Å². The molecule has 0 atom stereocenters. The van der Waals surface area contributed by atoms with Gasteiger partial charge in [0.05, 0.1) is 0 Å². The van der Waals surface area contributed by atoms with Crippen LogP contribution in [0, 0.1) is 5.92 Å². The summed E-state index contributed by atoms with van der Waals surface area (Å²) in [6, 6.07) is 7.74. The summed E-state index contributed by atoms with van der Waals surface area (Å²) < 4.78 is 0. The normalized spacial score (nSPS) is 15.0. The van der Waals surface area contributed by atoms with Crippen LogP contribution in [0.4, 0.5) is 4.79 Å². The molecule has 6 heteroatoms.